The number of aromatic nitrogens is 2. The van der Waals surface area contributed by atoms with E-state index in [0.717, 1.165) is 12.2 Å². The van der Waals surface area contributed by atoms with Crippen molar-refractivity contribution in [3.8, 4) is 0 Å². The lowest BCUT2D eigenvalue weighted by Crippen LogP contribution is -2.13. The second kappa shape index (κ2) is 4.84. The molecular weight excluding hydrogens is 232 g/mol. The average Bonchev–Trinajstić information content (AvgIpc) is 2.71. The van der Waals surface area contributed by atoms with Crippen molar-refractivity contribution in [2.24, 2.45) is 0 Å². The summed E-state index contributed by atoms with van der Waals surface area (Å²) in [5, 5.41) is 4.70. The van der Waals surface area contributed by atoms with Crippen LogP contribution in [0.5, 0.6) is 0 Å². The molecule has 2 rings (SSSR count). The molecule has 2 nitrogen and oxygen atoms in total. The molecule has 0 aliphatic carbocycles. The van der Waals surface area contributed by atoms with Crippen LogP contribution in [-0.2, 0) is 12.0 Å². The number of nitrogens with zero attached hydrogens (tertiary/aromatic N) is 2. The monoisotopic (exact) mass is 256 g/mol. The molecule has 0 radical (unpaired) electrons. The predicted octanol–water partition coefficient (Wildman–Crippen LogP) is 4.15. The molecule has 2 heteroatoms. The SMILES string of the molecule is Cc1cc(C)c(Cn2ccc(C(C)(C)C)n2)c(C)c1. The minimum absolute atomic E-state index is 0.114. The van der Waals surface area contributed by atoms with Gasteiger partial charge >= 0.3 is 0 Å². The van der Waals surface area contributed by atoms with Crippen LogP contribution in [0.4, 0.5) is 0 Å². The molecule has 2 aromatic rings. The Bertz CT molecular complexity index is 563. The lowest BCUT2D eigenvalue weighted by atomic mass is 9.93. The van der Waals surface area contributed by atoms with E-state index in [1.54, 1.807) is 0 Å². The lowest BCUT2D eigenvalue weighted by Gasteiger charge is -2.15. The Labute approximate surface area is 116 Å². The van der Waals surface area contributed by atoms with Gasteiger partial charge in [0, 0.05) is 11.6 Å². The first-order valence-corrected chi connectivity index (χ1v) is 6.88. The fourth-order valence-electron chi connectivity index (χ4n) is 2.47. The van der Waals surface area contributed by atoms with Crippen LogP contribution in [-0.4, -0.2) is 9.78 Å². The third-order valence-corrected chi connectivity index (χ3v) is 3.57. The molecular formula is C17H24N2. The highest BCUT2D eigenvalue weighted by molar-refractivity contribution is 5.37. The van der Waals surface area contributed by atoms with Crippen LogP contribution in [0.1, 0.15) is 48.7 Å². The molecule has 1 aromatic heterocycles. The molecule has 19 heavy (non-hydrogen) atoms. The zero-order chi connectivity index (χ0) is 14.2. The van der Waals surface area contributed by atoms with Gasteiger partial charge < -0.3 is 0 Å². The lowest BCUT2D eigenvalue weighted by molar-refractivity contribution is 0.544. The van der Waals surface area contributed by atoms with E-state index in [4.69, 9.17) is 5.10 Å². The second-order valence-corrected chi connectivity index (χ2v) is 6.53. The molecule has 0 saturated heterocycles. The van der Waals surface area contributed by atoms with Gasteiger partial charge in [0.15, 0.2) is 0 Å². The summed E-state index contributed by atoms with van der Waals surface area (Å²) in [6, 6.07) is 6.62. The molecule has 0 N–H and O–H groups in total. The first-order chi connectivity index (χ1) is 8.77. The third kappa shape index (κ3) is 3.06. The van der Waals surface area contributed by atoms with Gasteiger partial charge in [0.25, 0.3) is 0 Å². The Morgan fingerprint density at radius 2 is 1.63 bits per heavy atom. The molecule has 102 valence electrons. The summed E-state index contributed by atoms with van der Waals surface area (Å²) in [5.41, 5.74) is 6.68. The predicted molar refractivity (Wildman–Crippen MR) is 80.7 cm³/mol. The molecule has 0 spiro atoms. The maximum atomic E-state index is 4.70. The first-order valence-electron chi connectivity index (χ1n) is 6.88. The largest absolute Gasteiger partial charge is 0.268 e. The summed E-state index contributed by atoms with van der Waals surface area (Å²) in [7, 11) is 0. The van der Waals surface area contributed by atoms with Crippen molar-refractivity contribution >= 4 is 0 Å². The van der Waals surface area contributed by atoms with Crippen molar-refractivity contribution < 1.29 is 0 Å². The molecule has 0 fully saturated rings. The van der Waals surface area contributed by atoms with Crippen LogP contribution in [0.25, 0.3) is 0 Å². The Balaban J connectivity index is 2.30. The number of benzene rings is 1. The maximum Gasteiger partial charge on any atom is 0.0678 e. The van der Waals surface area contributed by atoms with Crippen LogP contribution in [0.15, 0.2) is 24.4 Å². The minimum Gasteiger partial charge on any atom is -0.268 e. The second-order valence-electron chi connectivity index (χ2n) is 6.53. The molecule has 0 saturated carbocycles. The van der Waals surface area contributed by atoms with Gasteiger partial charge in [-0.1, -0.05) is 38.5 Å². The highest BCUT2D eigenvalue weighted by atomic mass is 15.3. The van der Waals surface area contributed by atoms with E-state index in [1.807, 2.05) is 4.68 Å². The van der Waals surface area contributed by atoms with Gasteiger partial charge in [-0.05, 0) is 43.5 Å². The smallest absolute Gasteiger partial charge is 0.0678 e. The Hall–Kier alpha value is -1.57. The van der Waals surface area contributed by atoms with Crippen molar-refractivity contribution in [3.05, 3.63) is 52.3 Å². The minimum atomic E-state index is 0.114. The van der Waals surface area contributed by atoms with E-state index in [2.05, 4.69) is 65.9 Å². The van der Waals surface area contributed by atoms with E-state index >= 15 is 0 Å². The van der Waals surface area contributed by atoms with Crippen molar-refractivity contribution in [3.63, 3.8) is 0 Å². The highest BCUT2D eigenvalue weighted by Gasteiger charge is 2.17. The average molecular weight is 256 g/mol. The Morgan fingerprint density at radius 1 is 1.05 bits per heavy atom. The van der Waals surface area contributed by atoms with Crippen LogP contribution in [0, 0.1) is 20.8 Å². The summed E-state index contributed by atoms with van der Waals surface area (Å²) in [4.78, 5) is 0. The van der Waals surface area contributed by atoms with Gasteiger partial charge in [0.1, 0.15) is 0 Å². The molecule has 1 aromatic carbocycles. The molecule has 0 amide bonds. The molecule has 0 aliphatic heterocycles. The summed E-state index contributed by atoms with van der Waals surface area (Å²) in [6.45, 7) is 14.0. The molecule has 0 atom stereocenters. The van der Waals surface area contributed by atoms with E-state index in [9.17, 15) is 0 Å². The summed E-state index contributed by atoms with van der Waals surface area (Å²) in [6.07, 6.45) is 2.08. The van der Waals surface area contributed by atoms with Gasteiger partial charge in [-0.3, -0.25) is 4.68 Å². The third-order valence-electron chi connectivity index (χ3n) is 3.57. The van der Waals surface area contributed by atoms with Gasteiger partial charge in [-0.2, -0.15) is 5.10 Å². The molecule has 0 aliphatic rings. The Kier molecular flexibility index (Phi) is 3.53. The summed E-state index contributed by atoms with van der Waals surface area (Å²) in [5.74, 6) is 0. The fraction of sp³-hybridized carbons (Fsp3) is 0.471. The van der Waals surface area contributed by atoms with Gasteiger partial charge in [-0.25, -0.2) is 0 Å². The van der Waals surface area contributed by atoms with Crippen molar-refractivity contribution in [2.45, 2.75) is 53.5 Å². The van der Waals surface area contributed by atoms with Crippen molar-refractivity contribution in [1.82, 2.24) is 9.78 Å². The number of aryl methyl sites for hydroxylation is 3. The topological polar surface area (TPSA) is 17.8 Å². The molecule has 0 bridgehead atoms. The summed E-state index contributed by atoms with van der Waals surface area (Å²) >= 11 is 0. The molecule has 1 heterocycles. The zero-order valence-electron chi connectivity index (χ0n) is 12.9. The highest BCUT2D eigenvalue weighted by Crippen LogP contribution is 2.21. The molecule has 0 unspecified atom stereocenters. The van der Waals surface area contributed by atoms with E-state index < -0.39 is 0 Å². The summed E-state index contributed by atoms with van der Waals surface area (Å²) < 4.78 is 2.05. The van der Waals surface area contributed by atoms with Gasteiger partial charge in [0.2, 0.25) is 0 Å². The van der Waals surface area contributed by atoms with E-state index in [-0.39, 0.29) is 5.41 Å². The first kappa shape index (κ1) is 13.9. The van der Waals surface area contributed by atoms with E-state index in [0.29, 0.717) is 0 Å². The van der Waals surface area contributed by atoms with Crippen molar-refractivity contribution in [2.75, 3.05) is 0 Å². The Morgan fingerprint density at radius 3 is 2.11 bits per heavy atom. The van der Waals surface area contributed by atoms with Crippen LogP contribution < -0.4 is 0 Å². The van der Waals surface area contributed by atoms with Crippen LogP contribution >= 0.6 is 0 Å². The zero-order valence-corrected chi connectivity index (χ0v) is 12.9. The maximum absolute atomic E-state index is 4.70. The number of hydrogen-bond donors (Lipinski definition) is 0. The van der Waals surface area contributed by atoms with Gasteiger partial charge in [0.05, 0.1) is 12.2 Å². The van der Waals surface area contributed by atoms with Crippen LogP contribution in [0.3, 0.4) is 0 Å². The van der Waals surface area contributed by atoms with Crippen molar-refractivity contribution in [1.29, 1.82) is 0 Å². The standard InChI is InChI=1S/C17H24N2/c1-12-9-13(2)15(14(3)10-12)11-19-8-7-16(18-19)17(4,5)6/h7-10H,11H2,1-6H3. The normalized spacial score (nSPS) is 11.9. The number of rotatable bonds is 2. The quantitative estimate of drug-likeness (QED) is 0.789. The van der Waals surface area contributed by atoms with E-state index in [1.165, 1.54) is 22.3 Å². The fourth-order valence-corrected chi connectivity index (χ4v) is 2.47. The van der Waals surface area contributed by atoms with Gasteiger partial charge in [-0.15, -0.1) is 0 Å². The number of hydrogen-bond acceptors (Lipinski definition) is 1. The van der Waals surface area contributed by atoms with Crippen LogP contribution in [0.2, 0.25) is 0 Å².